The van der Waals surface area contributed by atoms with Crippen molar-refractivity contribution < 1.29 is 28.6 Å². The minimum atomic E-state index is -0.985. The molecule has 0 spiro atoms. The maximum atomic E-state index is 13.3. The number of anilines is 1. The van der Waals surface area contributed by atoms with Crippen LogP contribution in [-0.4, -0.2) is 31.0 Å². The van der Waals surface area contributed by atoms with E-state index in [9.17, 15) is 14.7 Å². The van der Waals surface area contributed by atoms with Gasteiger partial charge in [-0.3, -0.25) is 14.5 Å². The standard InChI is InChI=1S/C26H24ClNO6/c1-13-6-8-16(10-14(13)2)28-23(19-9-7-15(3)34-19)22(25(30)26(28)31)24(29)17-11-18(27)21(33-5)12-20(17)32-4/h6-12,23,29H,1-5H3/b24-22+. The molecule has 1 aliphatic rings. The summed E-state index contributed by atoms with van der Waals surface area (Å²) in [7, 11) is 2.87. The Labute approximate surface area is 202 Å². The zero-order valence-electron chi connectivity index (χ0n) is 19.4. The average molecular weight is 482 g/mol. The molecule has 1 aliphatic heterocycles. The van der Waals surface area contributed by atoms with E-state index in [0.717, 1.165) is 11.1 Å². The van der Waals surface area contributed by atoms with Crippen LogP contribution in [0.4, 0.5) is 5.69 Å². The number of nitrogens with zero attached hydrogens (tertiary/aromatic N) is 1. The molecule has 7 nitrogen and oxygen atoms in total. The van der Waals surface area contributed by atoms with Crippen molar-refractivity contribution in [1.29, 1.82) is 0 Å². The minimum absolute atomic E-state index is 0.128. The minimum Gasteiger partial charge on any atom is -0.507 e. The van der Waals surface area contributed by atoms with Crippen LogP contribution in [0.25, 0.3) is 5.76 Å². The lowest BCUT2D eigenvalue weighted by atomic mass is 9.98. The van der Waals surface area contributed by atoms with E-state index in [1.54, 1.807) is 25.1 Å². The lowest BCUT2D eigenvalue weighted by Gasteiger charge is -2.24. The second-order valence-electron chi connectivity index (χ2n) is 8.07. The number of rotatable bonds is 5. The molecule has 34 heavy (non-hydrogen) atoms. The number of hydrogen-bond donors (Lipinski definition) is 1. The summed E-state index contributed by atoms with van der Waals surface area (Å²) in [6, 6.07) is 10.8. The first-order valence-corrected chi connectivity index (χ1v) is 10.9. The third-order valence-electron chi connectivity index (χ3n) is 5.97. The van der Waals surface area contributed by atoms with Gasteiger partial charge in [-0.25, -0.2) is 0 Å². The van der Waals surface area contributed by atoms with Crippen LogP contribution >= 0.6 is 11.6 Å². The third kappa shape index (κ3) is 3.82. The fourth-order valence-electron chi connectivity index (χ4n) is 4.03. The zero-order chi connectivity index (χ0) is 24.7. The normalized spacial score (nSPS) is 17.4. The quantitative estimate of drug-likeness (QED) is 0.294. The van der Waals surface area contributed by atoms with Crippen molar-refractivity contribution >= 4 is 34.7 Å². The van der Waals surface area contributed by atoms with Gasteiger partial charge in [0, 0.05) is 11.8 Å². The number of methoxy groups -OCH3 is 2. The summed E-state index contributed by atoms with van der Waals surface area (Å²) in [6.45, 7) is 5.64. The van der Waals surface area contributed by atoms with Crippen LogP contribution in [0.15, 0.2) is 52.5 Å². The number of halogens is 1. The molecule has 0 saturated carbocycles. The van der Waals surface area contributed by atoms with E-state index in [0.29, 0.717) is 23.0 Å². The molecule has 1 fully saturated rings. The van der Waals surface area contributed by atoms with Gasteiger partial charge in [-0.1, -0.05) is 17.7 Å². The Bertz CT molecular complexity index is 1340. The molecule has 4 rings (SSSR count). The van der Waals surface area contributed by atoms with Gasteiger partial charge < -0.3 is 19.0 Å². The van der Waals surface area contributed by atoms with E-state index >= 15 is 0 Å². The third-order valence-corrected chi connectivity index (χ3v) is 6.27. The molecule has 1 N–H and O–H groups in total. The van der Waals surface area contributed by atoms with E-state index < -0.39 is 23.5 Å². The molecule has 1 atom stereocenters. The van der Waals surface area contributed by atoms with Gasteiger partial charge in [0.1, 0.15) is 34.8 Å². The van der Waals surface area contributed by atoms with Crippen LogP contribution in [0.5, 0.6) is 11.5 Å². The van der Waals surface area contributed by atoms with E-state index in [4.69, 9.17) is 25.5 Å². The maximum absolute atomic E-state index is 13.3. The number of benzene rings is 2. The average Bonchev–Trinajstić information content (AvgIpc) is 3.35. The maximum Gasteiger partial charge on any atom is 0.300 e. The number of ketones is 1. The number of furan rings is 1. The molecule has 2 aromatic carbocycles. The van der Waals surface area contributed by atoms with Crippen molar-refractivity contribution in [3.05, 3.63) is 81.3 Å². The highest BCUT2D eigenvalue weighted by molar-refractivity contribution is 6.51. The summed E-state index contributed by atoms with van der Waals surface area (Å²) >= 11 is 6.29. The van der Waals surface area contributed by atoms with E-state index in [-0.39, 0.29) is 21.9 Å². The van der Waals surface area contributed by atoms with Crippen LogP contribution in [0, 0.1) is 20.8 Å². The molecule has 0 aliphatic carbocycles. The van der Waals surface area contributed by atoms with Crippen LogP contribution < -0.4 is 14.4 Å². The largest absolute Gasteiger partial charge is 0.507 e. The van der Waals surface area contributed by atoms with E-state index in [2.05, 4.69) is 0 Å². The second kappa shape index (κ2) is 8.91. The van der Waals surface area contributed by atoms with Crippen molar-refractivity contribution in [3.8, 4) is 11.5 Å². The van der Waals surface area contributed by atoms with Crippen LogP contribution in [0.1, 0.15) is 34.3 Å². The highest BCUT2D eigenvalue weighted by Gasteiger charge is 2.48. The monoisotopic (exact) mass is 481 g/mol. The summed E-state index contributed by atoms with van der Waals surface area (Å²) < 4.78 is 16.5. The van der Waals surface area contributed by atoms with Crippen LogP contribution in [-0.2, 0) is 9.59 Å². The molecule has 1 aromatic heterocycles. The van der Waals surface area contributed by atoms with Crippen molar-refractivity contribution in [1.82, 2.24) is 0 Å². The number of carbonyl (C=O) groups excluding carboxylic acids is 2. The van der Waals surface area contributed by atoms with Crippen LogP contribution in [0.3, 0.4) is 0 Å². The predicted octanol–water partition coefficient (Wildman–Crippen LogP) is 5.50. The summed E-state index contributed by atoms with van der Waals surface area (Å²) in [6.07, 6.45) is 0. The first-order valence-electron chi connectivity index (χ1n) is 10.5. The lowest BCUT2D eigenvalue weighted by Crippen LogP contribution is -2.29. The molecule has 8 heteroatoms. The van der Waals surface area contributed by atoms with Gasteiger partial charge in [-0.05, 0) is 62.2 Å². The van der Waals surface area contributed by atoms with Crippen molar-refractivity contribution in [2.24, 2.45) is 0 Å². The van der Waals surface area contributed by atoms with Gasteiger partial charge in [-0.2, -0.15) is 0 Å². The fourth-order valence-corrected chi connectivity index (χ4v) is 4.27. The highest BCUT2D eigenvalue weighted by Crippen LogP contribution is 2.45. The number of aliphatic hydroxyl groups is 1. The molecular weight excluding hydrogens is 458 g/mol. The van der Waals surface area contributed by atoms with Gasteiger partial charge >= 0.3 is 0 Å². The van der Waals surface area contributed by atoms with Gasteiger partial charge in [0.05, 0.1) is 30.4 Å². The molecule has 176 valence electrons. The van der Waals surface area contributed by atoms with Crippen molar-refractivity contribution in [2.75, 3.05) is 19.1 Å². The van der Waals surface area contributed by atoms with Crippen LogP contribution in [0.2, 0.25) is 5.02 Å². The Hall–Kier alpha value is -3.71. The summed E-state index contributed by atoms with van der Waals surface area (Å²) in [5, 5.41) is 11.6. The molecule has 3 aromatic rings. The predicted molar refractivity (Wildman–Crippen MR) is 129 cm³/mol. The Morgan fingerprint density at radius 3 is 2.26 bits per heavy atom. The Balaban J connectivity index is 1.98. The first kappa shape index (κ1) is 23.4. The zero-order valence-corrected chi connectivity index (χ0v) is 20.2. The lowest BCUT2D eigenvalue weighted by molar-refractivity contribution is -0.132. The number of Topliss-reactive ketones (excluding diaryl/α,β-unsaturated/α-hetero) is 1. The van der Waals surface area contributed by atoms with Crippen molar-refractivity contribution in [2.45, 2.75) is 26.8 Å². The van der Waals surface area contributed by atoms with Gasteiger partial charge in [-0.15, -0.1) is 0 Å². The molecule has 0 bridgehead atoms. The van der Waals surface area contributed by atoms with E-state index in [1.165, 1.54) is 31.3 Å². The number of carbonyl (C=O) groups is 2. The summed E-state index contributed by atoms with van der Waals surface area (Å²) in [5.41, 5.74) is 2.54. The summed E-state index contributed by atoms with van der Waals surface area (Å²) in [4.78, 5) is 27.9. The highest BCUT2D eigenvalue weighted by atomic mass is 35.5. The Kier molecular flexibility index (Phi) is 6.15. The summed E-state index contributed by atoms with van der Waals surface area (Å²) in [5.74, 6) is -0.536. The second-order valence-corrected chi connectivity index (χ2v) is 8.48. The number of aryl methyl sites for hydroxylation is 3. The number of ether oxygens (including phenoxy) is 2. The Morgan fingerprint density at radius 1 is 0.971 bits per heavy atom. The van der Waals surface area contributed by atoms with Gasteiger partial charge in [0.2, 0.25) is 0 Å². The smallest absolute Gasteiger partial charge is 0.300 e. The number of aliphatic hydroxyl groups excluding tert-OH is 1. The molecule has 2 heterocycles. The molecule has 1 amide bonds. The topological polar surface area (TPSA) is 89.2 Å². The SMILES string of the molecule is COc1cc(OC)c(/C(O)=C2\C(=O)C(=O)N(c3ccc(C)c(C)c3)C2c2ccc(C)o2)cc1Cl. The molecule has 1 unspecified atom stereocenters. The molecule has 1 saturated heterocycles. The first-order chi connectivity index (χ1) is 16.2. The Morgan fingerprint density at radius 2 is 1.68 bits per heavy atom. The molecular formula is C26H24ClNO6. The molecule has 0 radical (unpaired) electrons. The fraction of sp³-hybridized carbons (Fsp3) is 0.231. The van der Waals surface area contributed by atoms with Gasteiger partial charge in [0.15, 0.2) is 0 Å². The van der Waals surface area contributed by atoms with Gasteiger partial charge in [0.25, 0.3) is 11.7 Å². The van der Waals surface area contributed by atoms with Crippen molar-refractivity contribution in [3.63, 3.8) is 0 Å². The van der Waals surface area contributed by atoms with E-state index in [1.807, 2.05) is 26.0 Å². The number of amides is 1. The number of hydrogen-bond acceptors (Lipinski definition) is 6.